The first-order valence-corrected chi connectivity index (χ1v) is 6.28. The zero-order valence-electron chi connectivity index (χ0n) is 11.3. The van der Waals surface area contributed by atoms with Gasteiger partial charge >= 0.3 is 0 Å². The maximum Gasteiger partial charge on any atom is 0.142 e. The Bertz CT molecular complexity index is 640. The minimum Gasteiger partial charge on any atom is -0.493 e. The van der Waals surface area contributed by atoms with Crippen molar-refractivity contribution in [2.75, 3.05) is 13.2 Å². The largest absolute Gasteiger partial charge is 0.493 e. The number of imidazole rings is 1. The Hall–Kier alpha value is -2.32. The highest BCUT2D eigenvalue weighted by molar-refractivity contribution is 5.39. The van der Waals surface area contributed by atoms with Crippen molar-refractivity contribution >= 4 is 0 Å². The van der Waals surface area contributed by atoms with Gasteiger partial charge in [-0.25, -0.2) is 9.37 Å². The number of halogens is 1. The van der Waals surface area contributed by atoms with Crippen LogP contribution in [0.15, 0.2) is 30.6 Å². The number of aromatic nitrogens is 2. The van der Waals surface area contributed by atoms with Crippen molar-refractivity contribution in [3.05, 3.63) is 47.8 Å². The number of benzene rings is 1. The lowest BCUT2D eigenvalue weighted by atomic mass is 10.2. The van der Waals surface area contributed by atoms with Crippen LogP contribution < -0.4 is 10.5 Å². The Morgan fingerprint density at radius 1 is 1.45 bits per heavy atom. The van der Waals surface area contributed by atoms with Gasteiger partial charge < -0.3 is 15.0 Å². The quantitative estimate of drug-likeness (QED) is 0.859. The van der Waals surface area contributed by atoms with E-state index in [0.29, 0.717) is 24.3 Å². The summed E-state index contributed by atoms with van der Waals surface area (Å²) in [4.78, 5) is 4.19. The third-order valence-corrected chi connectivity index (χ3v) is 2.78. The van der Waals surface area contributed by atoms with Gasteiger partial charge in [0.2, 0.25) is 0 Å². The Morgan fingerprint density at radius 3 is 2.95 bits per heavy atom. The standard InChI is InChI=1S/C15H16FN3O/c1-19-9-8-18-15(19)6-10-20-13-5-4-12(3-2-7-17)14(16)11-13/h4-5,8-9,11H,6-7,10,17H2,1H3. The van der Waals surface area contributed by atoms with Crippen LogP contribution in [0.25, 0.3) is 0 Å². The van der Waals surface area contributed by atoms with Crippen molar-refractivity contribution in [2.45, 2.75) is 6.42 Å². The van der Waals surface area contributed by atoms with Crippen LogP contribution in [-0.2, 0) is 13.5 Å². The van der Waals surface area contributed by atoms with Gasteiger partial charge in [0.1, 0.15) is 17.4 Å². The lowest BCUT2D eigenvalue weighted by molar-refractivity contribution is 0.316. The molecule has 0 unspecified atom stereocenters. The van der Waals surface area contributed by atoms with Gasteiger partial charge in [-0.2, -0.15) is 0 Å². The Balaban J connectivity index is 1.94. The molecule has 0 saturated carbocycles. The van der Waals surface area contributed by atoms with Crippen molar-refractivity contribution in [1.29, 1.82) is 0 Å². The molecular weight excluding hydrogens is 257 g/mol. The minimum atomic E-state index is -0.402. The van der Waals surface area contributed by atoms with Crippen LogP contribution in [0.4, 0.5) is 4.39 Å². The molecule has 0 aliphatic heterocycles. The second-order valence-electron chi connectivity index (χ2n) is 4.20. The van der Waals surface area contributed by atoms with Crippen LogP contribution in [-0.4, -0.2) is 22.7 Å². The summed E-state index contributed by atoms with van der Waals surface area (Å²) in [6, 6.07) is 4.62. The molecule has 20 heavy (non-hydrogen) atoms. The van der Waals surface area contributed by atoms with E-state index in [2.05, 4.69) is 16.8 Å². The molecule has 5 heteroatoms. The van der Waals surface area contributed by atoms with E-state index in [1.807, 2.05) is 17.8 Å². The number of nitrogens with two attached hydrogens (primary N) is 1. The molecule has 2 N–H and O–H groups in total. The third kappa shape index (κ3) is 3.59. The molecule has 0 saturated heterocycles. The maximum atomic E-state index is 13.7. The molecular formula is C15H16FN3O. The average molecular weight is 273 g/mol. The van der Waals surface area contributed by atoms with Gasteiger partial charge in [-0.15, -0.1) is 0 Å². The first-order valence-electron chi connectivity index (χ1n) is 6.28. The molecule has 2 aromatic rings. The first kappa shape index (κ1) is 14.1. The van der Waals surface area contributed by atoms with Crippen LogP contribution >= 0.6 is 0 Å². The second kappa shape index (κ2) is 6.73. The van der Waals surface area contributed by atoms with Crippen LogP contribution in [0.2, 0.25) is 0 Å². The molecule has 4 nitrogen and oxygen atoms in total. The molecule has 0 spiro atoms. The van der Waals surface area contributed by atoms with Gasteiger partial charge in [0.25, 0.3) is 0 Å². The van der Waals surface area contributed by atoms with Crippen LogP contribution in [0.3, 0.4) is 0 Å². The molecule has 2 rings (SSSR count). The zero-order chi connectivity index (χ0) is 14.4. The van der Waals surface area contributed by atoms with Crippen molar-refractivity contribution in [3.8, 4) is 17.6 Å². The van der Waals surface area contributed by atoms with Gasteiger partial charge in [-0.05, 0) is 12.1 Å². The monoisotopic (exact) mass is 273 g/mol. The maximum absolute atomic E-state index is 13.7. The number of aryl methyl sites for hydroxylation is 1. The van der Waals surface area contributed by atoms with Gasteiger partial charge in [-0.1, -0.05) is 11.8 Å². The molecule has 1 aromatic heterocycles. The van der Waals surface area contributed by atoms with E-state index in [4.69, 9.17) is 10.5 Å². The number of hydrogen-bond acceptors (Lipinski definition) is 3. The highest BCUT2D eigenvalue weighted by Gasteiger charge is 2.03. The molecule has 1 heterocycles. The Kier molecular flexibility index (Phi) is 4.75. The fraction of sp³-hybridized carbons (Fsp3) is 0.267. The Morgan fingerprint density at radius 2 is 2.30 bits per heavy atom. The number of nitrogens with zero attached hydrogens (tertiary/aromatic N) is 2. The van der Waals surface area contributed by atoms with E-state index in [9.17, 15) is 4.39 Å². The molecule has 0 bridgehead atoms. The second-order valence-corrected chi connectivity index (χ2v) is 4.20. The lowest BCUT2D eigenvalue weighted by Gasteiger charge is -2.07. The molecule has 0 radical (unpaired) electrons. The first-order chi connectivity index (χ1) is 9.70. The van der Waals surface area contributed by atoms with Crippen LogP contribution in [0.5, 0.6) is 5.75 Å². The number of hydrogen-bond donors (Lipinski definition) is 1. The summed E-state index contributed by atoms with van der Waals surface area (Å²) in [7, 11) is 1.92. The van der Waals surface area contributed by atoms with E-state index >= 15 is 0 Å². The van der Waals surface area contributed by atoms with E-state index in [1.54, 1.807) is 18.3 Å². The smallest absolute Gasteiger partial charge is 0.142 e. The topological polar surface area (TPSA) is 53.1 Å². The summed E-state index contributed by atoms with van der Waals surface area (Å²) >= 11 is 0. The van der Waals surface area contributed by atoms with Crippen molar-refractivity contribution in [2.24, 2.45) is 12.8 Å². The predicted molar refractivity (Wildman–Crippen MR) is 74.7 cm³/mol. The molecule has 104 valence electrons. The van der Waals surface area contributed by atoms with E-state index in [0.717, 1.165) is 5.82 Å². The zero-order valence-corrected chi connectivity index (χ0v) is 11.3. The molecule has 0 aliphatic rings. The van der Waals surface area contributed by atoms with Crippen molar-refractivity contribution in [3.63, 3.8) is 0 Å². The SMILES string of the molecule is Cn1ccnc1CCOc1ccc(C#CCN)c(F)c1. The summed E-state index contributed by atoms with van der Waals surface area (Å²) in [6.45, 7) is 0.652. The summed E-state index contributed by atoms with van der Waals surface area (Å²) in [5.41, 5.74) is 5.58. The van der Waals surface area contributed by atoms with E-state index in [-0.39, 0.29) is 6.54 Å². The van der Waals surface area contributed by atoms with Crippen molar-refractivity contribution in [1.82, 2.24) is 9.55 Å². The summed E-state index contributed by atoms with van der Waals surface area (Å²) < 4.78 is 21.1. The fourth-order valence-corrected chi connectivity index (χ4v) is 1.73. The number of ether oxygens (including phenoxy) is 1. The van der Waals surface area contributed by atoms with Gasteiger partial charge in [0.15, 0.2) is 0 Å². The highest BCUT2D eigenvalue weighted by atomic mass is 19.1. The van der Waals surface area contributed by atoms with E-state index in [1.165, 1.54) is 6.07 Å². The van der Waals surface area contributed by atoms with Gasteiger partial charge in [-0.3, -0.25) is 0 Å². The fourth-order valence-electron chi connectivity index (χ4n) is 1.73. The summed E-state index contributed by atoms with van der Waals surface area (Å²) in [5.74, 6) is 6.29. The normalized spacial score (nSPS) is 9.95. The molecule has 0 amide bonds. The minimum absolute atomic E-state index is 0.210. The predicted octanol–water partition coefficient (Wildman–Crippen LogP) is 1.49. The summed E-state index contributed by atoms with van der Waals surface area (Å²) in [6.07, 6.45) is 4.28. The highest BCUT2D eigenvalue weighted by Crippen LogP contribution is 2.16. The van der Waals surface area contributed by atoms with Crippen LogP contribution in [0.1, 0.15) is 11.4 Å². The van der Waals surface area contributed by atoms with Gasteiger partial charge in [0.05, 0.1) is 18.7 Å². The lowest BCUT2D eigenvalue weighted by Crippen LogP contribution is -2.06. The Labute approximate surface area is 117 Å². The van der Waals surface area contributed by atoms with Gasteiger partial charge in [0, 0.05) is 31.9 Å². The van der Waals surface area contributed by atoms with Crippen LogP contribution in [0, 0.1) is 17.7 Å². The average Bonchev–Trinajstić information content (AvgIpc) is 2.84. The molecule has 0 atom stereocenters. The number of rotatable bonds is 4. The molecule has 0 fully saturated rings. The third-order valence-electron chi connectivity index (χ3n) is 2.78. The van der Waals surface area contributed by atoms with E-state index < -0.39 is 5.82 Å². The van der Waals surface area contributed by atoms with Crippen molar-refractivity contribution < 1.29 is 9.13 Å². The molecule has 0 aliphatic carbocycles. The molecule has 1 aromatic carbocycles. The summed E-state index contributed by atoms with van der Waals surface area (Å²) in [5, 5.41) is 0.